The van der Waals surface area contributed by atoms with Crippen LogP contribution < -0.4 is 5.32 Å². The monoisotopic (exact) mass is 417 g/mol. The van der Waals surface area contributed by atoms with Crippen molar-refractivity contribution in [2.24, 2.45) is 0 Å². The molecule has 2 aromatic heterocycles. The largest absolute Gasteiger partial charge is 0.451 e. The lowest BCUT2D eigenvalue weighted by molar-refractivity contribution is -0.124. The first-order chi connectivity index (χ1) is 13.5. The molecule has 1 fully saturated rings. The Kier molecular flexibility index (Phi) is 5.37. The number of nitrogens with one attached hydrogen (secondary N) is 1. The molecule has 1 aliphatic carbocycles. The van der Waals surface area contributed by atoms with Gasteiger partial charge < -0.3 is 10.1 Å². The van der Waals surface area contributed by atoms with Crippen LogP contribution in [0.25, 0.3) is 15.9 Å². The van der Waals surface area contributed by atoms with E-state index < -0.39 is 5.97 Å². The molecule has 0 bridgehead atoms. The highest BCUT2D eigenvalue weighted by molar-refractivity contribution is 7.20. The Morgan fingerprint density at radius 2 is 2.11 bits per heavy atom. The van der Waals surface area contributed by atoms with Crippen molar-refractivity contribution in [3.8, 4) is 5.69 Å². The summed E-state index contributed by atoms with van der Waals surface area (Å²) in [5, 5.41) is 8.95. The molecular formula is C20H20ClN3O3S. The van der Waals surface area contributed by atoms with Crippen molar-refractivity contribution < 1.29 is 14.3 Å². The van der Waals surface area contributed by atoms with E-state index >= 15 is 0 Å². The molecule has 0 aliphatic heterocycles. The number of carbonyl (C=O) groups is 2. The molecule has 1 aromatic carbocycles. The number of amides is 1. The highest BCUT2D eigenvalue weighted by atomic mass is 35.5. The van der Waals surface area contributed by atoms with E-state index in [0.29, 0.717) is 9.90 Å². The van der Waals surface area contributed by atoms with Crippen molar-refractivity contribution >= 4 is 45.0 Å². The first kappa shape index (κ1) is 19.0. The predicted octanol–water partition coefficient (Wildman–Crippen LogP) is 4.26. The van der Waals surface area contributed by atoms with Crippen LogP contribution in [0.5, 0.6) is 0 Å². The molecule has 0 saturated heterocycles. The summed E-state index contributed by atoms with van der Waals surface area (Å²) >= 11 is 7.38. The van der Waals surface area contributed by atoms with Crippen molar-refractivity contribution in [3.63, 3.8) is 0 Å². The van der Waals surface area contributed by atoms with Gasteiger partial charge in [-0.05, 0) is 44.0 Å². The molecule has 6 nitrogen and oxygen atoms in total. The van der Waals surface area contributed by atoms with Crippen molar-refractivity contribution in [3.05, 3.63) is 45.9 Å². The van der Waals surface area contributed by atoms with Crippen LogP contribution in [-0.4, -0.2) is 34.3 Å². The molecule has 0 radical (unpaired) electrons. The molecule has 2 heterocycles. The molecule has 146 valence electrons. The van der Waals surface area contributed by atoms with Crippen LogP contribution in [-0.2, 0) is 9.53 Å². The lowest BCUT2D eigenvalue weighted by Crippen LogP contribution is -2.35. The number of hydrogen-bond donors (Lipinski definition) is 1. The molecule has 28 heavy (non-hydrogen) atoms. The second kappa shape index (κ2) is 7.93. The maximum atomic E-state index is 12.4. The van der Waals surface area contributed by atoms with Crippen LogP contribution in [0, 0.1) is 6.92 Å². The van der Waals surface area contributed by atoms with Gasteiger partial charge in [0.05, 0.1) is 11.4 Å². The number of fused-ring (bicyclic) bond motifs is 1. The number of rotatable bonds is 5. The Balaban J connectivity index is 1.49. The topological polar surface area (TPSA) is 73.2 Å². The molecule has 0 unspecified atom stereocenters. The van der Waals surface area contributed by atoms with E-state index in [0.717, 1.165) is 47.3 Å². The zero-order valence-corrected chi connectivity index (χ0v) is 17.0. The van der Waals surface area contributed by atoms with E-state index in [1.54, 1.807) is 16.8 Å². The quantitative estimate of drug-likeness (QED) is 0.629. The van der Waals surface area contributed by atoms with Crippen molar-refractivity contribution in [1.29, 1.82) is 0 Å². The van der Waals surface area contributed by atoms with Gasteiger partial charge in [-0.25, -0.2) is 9.48 Å². The summed E-state index contributed by atoms with van der Waals surface area (Å²) in [6.45, 7) is 1.63. The van der Waals surface area contributed by atoms with Gasteiger partial charge >= 0.3 is 5.97 Å². The minimum atomic E-state index is -0.500. The van der Waals surface area contributed by atoms with E-state index in [1.807, 2.05) is 25.1 Å². The minimum Gasteiger partial charge on any atom is -0.451 e. The molecule has 1 saturated carbocycles. The summed E-state index contributed by atoms with van der Waals surface area (Å²) in [5.74, 6) is -0.748. The van der Waals surface area contributed by atoms with Crippen molar-refractivity contribution in [2.45, 2.75) is 38.6 Å². The molecular weight excluding hydrogens is 398 g/mol. The van der Waals surface area contributed by atoms with E-state index in [9.17, 15) is 9.59 Å². The second-order valence-electron chi connectivity index (χ2n) is 6.93. The molecule has 0 spiro atoms. The van der Waals surface area contributed by atoms with Crippen LogP contribution in [0.2, 0.25) is 5.02 Å². The van der Waals surface area contributed by atoms with Gasteiger partial charge in [0.25, 0.3) is 5.91 Å². The summed E-state index contributed by atoms with van der Waals surface area (Å²) in [4.78, 5) is 25.7. The standard InChI is InChI=1S/C20H20ClN3O3S/c1-12-16-10-17(20(26)27-11-18(25)22-14-6-2-3-7-14)28-19(16)24(23-12)15-8-4-5-13(21)9-15/h4-5,8-10,14H,2-3,6-7,11H2,1H3,(H,22,25). The van der Waals surface area contributed by atoms with Crippen molar-refractivity contribution in [1.82, 2.24) is 15.1 Å². The number of aromatic nitrogens is 2. The van der Waals surface area contributed by atoms with E-state index in [-0.39, 0.29) is 18.6 Å². The molecule has 1 aliphatic rings. The van der Waals surface area contributed by atoms with Crippen molar-refractivity contribution in [2.75, 3.05) is 6.61 Å². The number of ether oxygens (including phenoxy) is 1. The molecule has 1 N–H and O–H groups in total. The maximum absolute atomic E-state index is 12.4. The highest BCUT2D eigenvalue weighted by Gasteiger charge is 2.21. The molecule has 4 rings (SSSR count). The summed E-state index contributed by atoms with van der Waals surface area (Å²) < 4.78 is 6.98. The van der Waals surface area contributed by atoms with Gasteiger partial charge in [0.15, 0.2) is 6.61 Å². The number of nitrogens with zero attached hydrogens (tertiary/aromatic N) is 2. The summed E-state index contributed by atoms with van der Waals surface area (Å²) in [7, 11) is 0. The van der Waals surface area contributed by atoms with E-state index in [1.165, 1.54) is 11.3 Å². The SMILES string of the molecule is Cc1nn(-c2cccc(Cl)c2)c2sc(C(=O)OCC(=O)NC3CCCC3)cc12. The Morgan fingerprint density at radius 3 is 2.86 bits per heavy atom. The number of esters is 1. The molecule has 0 atom stereocenters. The number of carbonyl (C=O) groups excluding carboxylic acids is 2. The Bertz CT molecular complexity index is 1040. The third-order valence-electron chi connectivity index (χ3n) is 4.85. The third kappa shape index (κ3) is 3.91. The number of aryl methyl sites for hydroxylation is 1. The first-order valence-electron chi connectivity index (χ1n) is 9.23. The van der Waals surface area contributed by atoms with Gasteiger partial charge in [-0.1, -0.05) is 30.5 Å². The van der Waals surface area contributed by atoms with Gasteiger partial charge in [-0.2, -0.15) is 5.10 Å². The summed E-state index contributed by atoms with van der Waals surface area (Å²) in [6, 6.07) is 9.35. The molecule has 1 amide bonds. The van der Waals surface area contributed by atoms with Gasteiger partial charge in [0, 0.05) is 16.5 Å². The fraction of sp³-hybridized carbons (Fsp3) is 0.350. The van der Waals surface area contributed by atoms with Crippen LogP contribution in [0.15, 0.2) is 30.3 Å². The summed E-state index contributed by atoms with van der Waals surface area (Å²) in [6.07, 6.45) is 4.26. The van der Waals surface area contributed by atoms with Gasteiger partial charge in [0.1, 0.15) is 9.71 Å². The normalized spacial score (nSPS) is 14.5. The fourth-order valence-corrected chi connectivity index (χ4v) is 4.73. The van der Waals surface area contributed by atoms with Crippen LogP contribution in [0.4, 0.5) is 0 Å². The molecule has 3 aromatic rings. The third-order valence-corrected chi connectivity index (χ3v) is 6.18. The Morgan fingerprint density at radius 1 is 1.32 bits per heavy atom. The lowest BCUT2D eigenvalue weighted by atomic mass is 10.2. The van der Waals surface area contributed by atoms with Gasteiger partial charge in [-0.3, -0.25) is 4.79 Å². The number of benzene rings is 1. The minimum absolute atomic E-state index is 0.210. The first-order valence-corrected chi connectivity index (χ1v) is 10.4. The zero-order valence-electron chi connectivity index (χ0n) is 15.4. The molecule has 8 heteroatoms. The highest BCUT2D eigenvalue weighted by Crippen LogP contribution is 2.31. The predicted molar refractivity (Wildman–Crippen MR) is 109 cm³/mol. The van der Waals surface area contributed by atoms with E-state index in [2.05, 4.69) is 10.4 Å². The second-order valence-corrected chi connectivity index (χ2v) is 8.40. The fourth-order valence-electron chi connectivity index (χ4n) is 3.47. The number of thiophene rings is 1. The number of hydrogen-bond acceptors (Lipinski definition) is 5. The van der Waals surface area contributed by atoms with Crippen LogP contribution in [0.3, 0.4) is 0 Å². The van der Waals surface area contributed by atoms with E-state index in [4.69, 9.17) is 16.3 Å². The van der Waals surface area contributed by atoms with Crippen LogP contribution in [0.1, 0.15) is 41.0 Å². The Hall–Kier alpha value is -2.38. The Labute approximate surface area is 171 Å². The average molecular weight is 418 g/mol. The summed E-state index contributed by atoms with van der Waals surface area (Å²) in [5.41, 5.74) is 1.63. The zero-order chi connectivity index (χ0) is 19.7. The lowest BCUT2D eigenvalue weighted by Gasteiger charge is -2.11. The average Bonchev–Trinajstić information content (AvgIpc) is 3.38. The van der Waals surface area contributed by atoms with Gasteiger partial charge in [0.2, 0.25) is 0 Å². The smallest absolute Gasteiger partial charge is 0.348 e. The maximum Gasteiger partial charge on any atom is 0.348 e. The van der Waals surface area contributed by atoms with Gasteiger partial charge in [-0.15, -0.1) is 11.3 Å². The van der Waals surface area contributed by atoms with Crippen LogP contribution >= 0.6 is 22.9 Å². The number of halogens is 1.